The average molecular weight is 580 g/mol. The van der Waals surface area contributed by atoms with Gasteiger partial charge >= 0.3 is 0 Å². The number of anilines is 2. The van der Waals surface area contributed by atoms with Crippen LogP contribution in [0.3, 0.4) is 0 Å². The molecule has 0 saturated carbocycles. The van der Waals surface area contributed by atoms with Gasteiger partial charge in [-0.05, 0) is 53.9 Å². The topological polar surface area (TPSA) is 90.3 Å². The van der Waals surface area contributed by atoms with E-state index in [1.165, 1.54) is 0 Å². The summed E-state index contributed by atoms with van der Waals surface area (Å²) in [7, 11) is 0. The van der Waals surface area contributed by atoms with Crippen molar-refractivity contribution in [1.29, 1.82) is 0 Å². The van der Waals surface area contributed by atoms with Gasteiger partial charge in [0.15, 0.2) is 0 Å². The zero-order valence-corrected chi connectivity index (χ0v) is 23.9. The highest BCUT2D eigenvalue weighted by atomic mass is 35.5. The number of halogens is 1. The summed E-state index contributed by atoms with van der Waals surface area (Å²) in [4.78, 5) is 23.7. The quantitative estimate of drug-likeness (QED) is 0.264. The van der Waals surface area contributed by atoms with Gasteiger partial charge in [0, 0.05) is 52.9 Å². The maximum atomic E-state index is 14.2. The summed E-state index contributed by atoms with van der Waals surface area (Å²) in [6, 6.07) is 23.3. The molecule has 2 atom stereocenters. The fourth-order valence-electron chi connectivity index (χ4n) is 5.72. The summed E-state index contributed by atoms with van der Waals surface area (Å²) in [5.41, 5.74) is 5.58. The van der Waals surface area contributed by atoms with Crippen LogP contribution >= 0.6 is 11.6 Å². The van der Waals surface area contributed by atoms with Gasteiger partial charge in [-0.3, -0.25) is 9.36 Å². The Hall–Kier alpha value is -4.24. The number of nitrogens with zero attached hydrogens (tertiary/aromatic N) is 3. The zero-order chi connectivity index (χ0) is 28.6. The fourth-order valence-corrected chi connectivity index (χ4v) is 6.06. The van der Waals surface area contributed by atoms with E-state index in [-0.39, 0.29) is 17.7 Å². The van der Waals surface area contributed by atoms with Gasteiger partial charge in [0.25, 0.3) is 5.56 Å². The van der Waals surface area contributed by atoms with E-state index in [9.17, 15) is 4.79 Å². The molecular formula is C33H30ClN5O3. The first-order valence-corrected chi connectivity index (χ1v) is 14.5. The lowest BCUT2D eigenvalue weighted by atomic mass is 10.0. The molecule has 3 aromatic carbocycles. The summed E-state index contributed by atoms with van der Waals surface area (Å²) in [5, 5.41) is 7.94. The molecule has 9 heteroatoms. The van der Waals surface area contributed by atoms with Crippen LogP contribution < -0.4 is 20.9 Å². The van der Waals surface area contributed by atoms with E-state index in [0.717, 1.165) is 46.6 Å². The molecule has 7 rings (SSSR count). The van der Waals surface area contributed by atoms with Crippen molar-refractivity contribution in [2.24, 2.45) is 0 Å². The number of aryl methyl sites for hydroxylation is 1. The van der Waals surface area contributed by atoms with Gasteiger partial charge in [0.1, 0.15) is 18.0 Å². The Morgan fingerprint density at radius 3 is 2.71 bits per heavy atom. The molecule has 5 aromatic rings. The standard InChI is InChI=1S/C33H30ClN5O3/c1-20-6-11-26(28(34)14-20)27-16-23-17-36-33(37-24-9-7-21(8-10-24)30-18-35-12-13-41-30)38-31(23)39(32(27)40)25-15-22-4-2-3-5-29(22)42-19-25/h2-11,14,16-17,25,30,35H,12-13,15,18-19H2,1H3,(H,36,37,38). The van der Waals surface area contributed by atoms with Gasteiger partial charge in [-0.25, -0.2) is 4.98 Å². The number of aromatic nitrogens is 3. The number of morpholine rings is 1. The van der Waals surface area contributed by atoms with Crippen molar-refractivity contribution in [2.75, 3.05) is 31.6 Å². The predicted octanol–water partition coefficient (Wildman–Crippen LogP) is 6.00. The number of benzene rings is 3. The number of para-hydroxylation sites is 1. The minimum Gasteiger partial charge on any atom is -0.491 e. The summed E-state index contributed by atoms with van der Waals surface area (Å²) in [6.07, 6.45) is 2.43. The van der Waals surface area contributed by atoms with Crippen LogP contribution in [0, 0.1) is 6.92 Å². The van der Waals surface area contributed by atoms with Crippen LogP contribution in [-0.2, 0) is 11.2 Å². The second kappa shape index (κ2) is 11.2. The molecule has 2 unspecified atom stereocenters. The highest BCUT2D eigenvalue weighted by Gasteiger charge is 2.26. The SMILES string of the molecule is Cc1ccc(-c2cc3cnc(Nc4ccc(C5CNCCO5)cc4)nc3n(C3COc4ccccc4C3)c2=O)c(Cl)c1. The summed E-state index contributed by atoms with van der Waals surface area (Å²) >= 11 is 6.64. The van der Waals surface area contributed by atoms with Crippen LogP contribution in [-0.4, -0.2) is 40.8 Å². The number of hydrogen-bond acceptors (Lipinski definition) is 7. The summed E-state index contributed by atoms with van der Waals surface area (Å²) in [5.74, 6) is 1.25. The van der Waals surface area contributed by atoms with Gasteiger partial charge in [-0.1, -0.05) is 54.1 Å². The largest absolute Gasteiger partial charge is 0.491 e. The van der Waals surface area contributed by atoms with Gasteiger partial charge in [0.05, 0.1) is 18.8 Å². The third-order valence-corrected chi connectivity index (χ3v) is 8.19. The lowest BCUT2D eigenvalue weighted by Crippen LogP contribution is -2.34. The molecule has 8 nitrogen and oxygen atoms in total. The maximum Gasteiger partial charge on any atom is 0.260 e. The monoisotopic (exact) mass is 579 g/mol. The second-order valence-electron chi connectivity index (χ2n) is 10.8. The lowest BCUT2D eigenvalue weighted by molar-refractivity contribution is 0.0277. The Bertz CT molecular complexity index is 1830. The Morgan fingerprint density at radius 1 is 1.05 bits per heavy atom. The van der Waals surface area contributed by atoms with E-state index in [2.05, 4.69) is 15.6 Å². The number of pyridine rings is 1. The van der Waals surface area contributed by atoms with Crippen molar-refractivity contribution in [2.45, 2.75) is 25.5 Å². The molecular weight excluding hydrogens is 550 g/mol. The van der Waals surface area contributed by atoms with Gasteiger partial charge in [-0.2, -0.15) is 4.98 Å². The Morgan fingerprint density at radius 2 is 1.90 bits per heavy atom. The molecule has 0 aliphatic carbocycles. The first kappa shape index (κ1) is 26.6. The molecule has 0 spiro atoms. The van der Waals surface area contributed by atoms with E-state index in [1.54, 1.807) is 10.8 Å². The number of rotatable bonds is 5. The molecule has 0 amide bonds. The number of ether oxygens (including phenoxy) is 2. The Kier molecular flexibility index (Phi) is 7.11. The van der Waals surface area contributed by atoms with Crippen molar-refractivity contribution < 1.29 is 9.47 Å². The van der Waals surface area contributed by atoms with Gasteiger partial charge in [0.2, 0.25) is 5.95 Å². The van der Waals surface area contributed by atoms with Gasteiger partial charge < -0.3 is 20.1 Å². The van der Waals surface area contributed by atoms with E-state index in [1.807, 2.05) is 79.7 Å². The van der Waals surface area contributed by atoms with E-state index in [0.29, 0.717) is 47.4 Å². The van der Waals surface area contributed by atoms with E-state index < -0.39 is 0 Å². The van der Waals surface area contributed by atoms with Crippen molar-refractivity contribution in [3.05, 3.63) is 111 Å². The van der Waals surface area contributed by atoms with Crippen LogP contribution in [0.2, 0.25) is 5.02 Å². The molecule has 42 heavy (non-hydrogen) atoms. The predicted molar refractivity (Wildman–Crippen MR) is 165 cm³/mol. The molecule has 1 saturated heterocycles. The molecule has 0 radical (unpaired) electrons. The van der Waals surface area contributed by atoms with Crippen LogP contribution in [0.25, 0.3) is 22.2 Å². The first-order chi connectivity index (χ1) is 20.5. The molecule has 1 fully saturated rings. The van der Waals surface area contributed by atoms with Crippen LogP contribution in [0.5, 0.6) is 5.75 Å². The van der Waals surface area contributed by atoms with Crippen LogP contribution in [0.15, 0.2) is 83.8 Å². The zero-order valence-electron chi connectivity index (χ0n) is 23.1. The van der Waals surface area contributed by atoms with Crippen LogP contribution in [0.1, 0.15) is 28.8 Å². The van der Waals surface area contributed by atoms with E-state index in [4.69, 9.17) is 26.1 Å². The molecule has 0 bridgehead atoms. The van der Waals surface area contributed by atoms with Crippen molar-refractivity contribution in [3.63, 3.8) is 0 Å². The number of nitrogens with one attached hydrogen (secondary N) is 2. The number of hydrogen-bond donors (Lipinski definition) is 2. The molecule has 2 aliphatic rings. The molecule has 4 heterocycles. The molecule has 2 aliphatic heterocycles. The minimum atomic E-state index is -0.259. The highest BCUT2D eigenvalue weighted by molar-refractivity contribution is 6.33. The second-order valence-corrected chi connectivity index (χ2v) is 11.2. The lowest BCUT2D eigenvalue weighted by Gasteiger charge is -2.28. The van der Waals surface area contributed by atoms with Crippen molar-refractivity contribution in [1.82, 2.24) is 19.9 Å². The molecule has 212 valence electrons. The smallest absolute Gasteiger partial charge is 0.260 e. The minimum absolute atomic E-state index is 0.0400. The average Bonchev–Trinajstić information content (AvgIpc) is 3.02. The first-order valence-electron chi connectivity index (χ1n) is 14.1. The van der Waals surface area contributed by atoms with Crippen molar-refractivity contribution in [3.8, 4) is 16.9 Å². The van der Waals surface area contributed by atoms with E-state index >= 15 is 0 Å². The Balaban J connectivity index is 1.29. The van der Waals surface area contributed by atoms with Crippen molar-refractivity contribution >= 4 is 34.3 Å². The Labute approximate surface area is 248 Å². The maximum absolute atomic E-state index is 14.2. The summed E-state index contributed by atoms with van der Waals surface area (Å²) in [6.45, 7) is 4.70. The summed E-state index contributed by atoms with van der Waals surface area (Å²) < 4.78 is 13.7. The van der Waals surface area contributed by atoms with Crippen LogP contribution in [0.4, 0.5) is 11.6 Å². The third kappa shape index (κ3) is 5.13. The molecule has 2 N–H and O–H groups in total. The number of fused-ring (bicyclic) bond motifs is 2. The van der Waals surface area contributed by atoms with Gasteiger partial charge in [-0.15, -0.1) is 0 Å². The normalized spacial score (nSPS) is 18.3. The highest BCUT2D eigenvalue weighted by Crippen LogP contribution is 2.33. The fraction of sp³-hybridized carbons (Fsp3) is 0.242. The third-order valence-electron chi connectivity index (χ3n) is 7.88. The molecule has 2 aromatic heterocycles.